The number of fused-ring (bicyclic) bond motifs is 1. The lowest BCUT2D eigenvalue weighted by Gasteiger charge is -2.21. The van der Waals surface area contributed by atoms with Crippen LogP contribution in [-0.4, -0.2) is 31.6 Å². The molecule has 1 aromatic carbocycles. The summed E-state index contributed by atoms with van der Waals surface area (Å²) in [7, 11) is 0. The maximum Gasteiger partial charge on any atom is 0.225 e. The van der Waals surface area contributed by atoms with Gasteiger partial charge in [-0.25, -0.2) is 0 Å². The van der Waals surface area contributed by atoms with Crippen LogP contribution in [0.1, 0.15) is 24.8 Å². The molecule has 1 fully saturated rings. The zero-order chi connectivity index (χ0) is 16.2. The number of hydrogen-bond donors (Lipinski definition) is 2. The number of benzene rings is 1. The largest absolute Gasteiger partial charge is 0.489 e. The van der Waals surface area contributed by atoms with E-state index in [1.165, 1.54) is 0 Å². The highest BCUT2D eigenvalue weighted by Crippen LogP contribution is 2.37. The topological polar surface area (TPSA) is 76.7 Å². The van der Waals surface area contributed by atoms with E-state index in [2.05, 4.69) is 10.6 Å². The standard InChI is InChI=1S/C16H19ClN2O4/c17-12-6-10(7-13-15(12)23-5-1-4-22-13)8-19-16(21)11-2-3-14(20)18-9-11/h6-7,11H,1-5,8-9H2,(H,18,20)(H,19,21). The van der Waals surface area contributed by atoms with E-state index in [9.17, 15) is 9.59 Å². The number of halogens is 1. The first-order chi connectivity index (χ1) is 11.1. The van der Waals surface area contributed by atoms with Crippen molar-refractivity contribution >= 4 is 23.4 Å². The molecule has 2 amide bonds. The summed E-state index contributed by atoms with van der Waals surface area (Å²) in [6, 6.07) is 3.62. The van der Waals surface area contributed by atoms with Crippen molar-refractivity contribution in [1.82, 2.24) is 10.6 Å². The van der Waals surface area contributed by atoms with Crippen molar-refractivity contribution < 1.29 is 19.1 Å². The summed E-state index contributed by atoms with van der Waals surface area (Å²) in [6.45, 7) is 1.92. The Balaban J connectivity index is 1.62. The fourth-order valence-corrected chi connectivity index (χ4v) is 2.96. The molecule has 2 heterocycles. The van der Waals surface area contributed by atoms with Gasteiger partial charge < -0.3 is 20.1 Å². The summed E-state index contributed by atoms with van der Waals surface area (Å²) in [5.74, 6) is 0.943. The summed E-state index contributed by atoms with van der Waals surface area (Å²) in [6.07, 6.45) is 1.79. The molecule has 2 aliphatic heterocycles. The van der Waals surface area contributed by atoms with E-state index in [0.717, 1.165) is 12.0 Å². The molecule has 124 valence electrons. The Kier molecular flexibility index (Phi) is 4.91. The second kappa shape index (κ2) is 7.08. The number of carbonyl (C=O) groups excluding carboxylic acids is 2. The van der Waals surface area contributed by atoms with Gasteiger partial charge in [0.2, 0.25) is 11.8 Å². The summed E-state index contributed by atoms with van der Waals surface area (Å²) in [5, 5.41) is 6.08. The number of nitrogens with one attached hydrogen (secondary N) is 2. The third-order valence-electron chi connectivity index (χ3n) is 3.96. The van der Waals surface area contributed by atoms with Gasteiger partial charge in [-0.05, 0) is 24.1 Å². The molecule has 2 N–H and O–H groups in total. The van der Waals surface area contributed by atoms with Crippen LogP contribution in [0.15, 0.2) is 12.1 Å². The van der Waals surface area contributed by atoms with Crippen molar-refractivity contribution in [3.05, 3.63) is 22.7 Å². The molecule has 1 unspecified atom stereocenters. The van der Waals surface area contributed by atoms with Crippen LogP contribution < -0.4 is 20.1 Å². The lowest BCUT2D eigenvalue weighted by molar-refractivity contribution is -0.129. The predicted molar refractivity (Wildman–Crippen MR) is 84.6 cm³/mol. The van der Waals surface area contributed by atoms with Gasteiger partial charge in [0.25, 0.3) is 0 Å². The normalized spacial score (nSPS) is 20.4. The first-order valence-electron chi connectivity index (χ1n) is 7.76. The fraction of sp³-hybridized carbons (Fsp3) is 0.500. The van der Waals surface area contributed by atoms with Crippen molar-refractivity contribution in [2.75, 3.05) is 19.8 Å². The lowest BCUT2D eigenvalue weighted by Crippen LogP contribution is -2.42. The third-order valence-corrected chi connectivity index (χ3v) is 4.25. The molecule has 3 rings (SSSR count). The van der Waals surface area contributed by atoms with Crippen molar-refractivity contribution in [2.45, 2.75) is 25.8 Å². The maximum absolute atomic E-state index is 12.2. The maximum atomic E-state index is 12.2. The molecular weight excluding hydrogens is 320 g/mol. The number of hydrogen-bond acceptors (Lipinski definition) is 4. The minimum absolute atomic E-state index is 0.00346. The zero-order valence-corrected chi connectivity index (χ0v) is 13.4. The van der Waals surface area contributed by atoms with Gasteiger partial charge in [0.15, 0.2) is 11.5 Å². The monoisotopic (exact) mass is 338 g/mol. The van der Waals surface area contributed by atoms with Crippen LogP contribution in [0.2, 0.25) is 5.02 Å². The Bertz CT molecular complexity index is 610. The van der Waals surface area contributed by atoms with Gasteiger partial charge in [-0.3, -0.25) is 9.59 Å². The fourth-order valence-electron chi connectivity index (χ4n) is 2.68. The molecule has 23 heavy (non-hydrogen) atoms. The highest BCUT2D eigenvalue weighted by molar-refractivity contribution is 6.32. The zero-order valence-electron chi connectivity index (χ0n) is 12.7. The molecule has 0 spiro atoms. The van der Waals surface area contributed by atoms with Gasteiger partial charge in [0, 0.05) is 25.9 Å². The molecule has 1 saturated heterocycles. The molecule has 1 aromatic rings. The highest BCUT2D eigenvalue weighted by Gasteiger charge is 2.24. The molecule has 6 nitrogen and oxygen atoms in total. The molecule has 0 aromatic heterocycles. The van der Waals surface area contributed by atoms with Crippen molar-refractivity contribution in [3.63, 3.8) is 0 Å². The number of carbonyl (C=O) groups is 2. The van der Waals surface area contributed by atoms with Crippen LogP contribution in [-0.2, 0) is 16.1 Å². The molecule has 0 radical (unpaired) electrons. The van der Waals surface area contributed by atoms with E-state index >= 15 is 0 Å². The lowest BCUT2D eigenvalue weighted by atomic mass is 9.98. The minimum Gasteiger partial charge on any atom is -0.489 e. The van der Waals surface area contributed by atoms with E-state index in [4.69, 9.17) is 21.1 Å². The first-order valence-corrected chi connectivity index (χ1v) is 8.13. The Morgan fingerprint density at radius 2 is 2.17 bits per heavy atom. The molecular formula is C16H19ClN2O4. The predicted octanol–water partition coefficient (Wildman–Crippen LogP) is 1.64. The van der Waals surface area contributed by atoms with Crippen molar-refractivity contribution in [2.24, 2.45) is 5.92 Å². The van der Waals surface area contributed by atoms with Crippen LogP contribution in [0, 0.1) is 5.92 Å². The Hall–Kier alpha value is -1.95. The average molecular weight is 339 g/mol. The number of amides is 2. The smallest absolute Gasteiger partial charge is 0.225 e. The van der Waals surface area contributed by atoms with Gasteiger partial charge in [0.1, 0.15) is 0 Å². The van der Waals surface area contributed by atoms with Crippen LogP contribution >= 0.6 is 11.6 Å². The van der Waals surface area contributed by atoms with E-state index < -0.39 is 0 Å². The summed E-state index contributed by atoms with van der Waals surface area (Å²) in [5.41, 5.74) is 0.854. The second-order valence-electron chi connectivity index (χ2n) is 5.71. The van der Waals surface area contributed by atoms with E-state index in [-0.39, 0.29) is 17.7 Å². The Morgan fingerprint density at radius 1 is 1.35 bits per heavy atom. The van der Waals surface area contributed by atoms with Crippen molar-refractivity contribution in [3.8, 4) is 11.5 Å². The molecule has 0 aliphatic carbocycles. The number of ether oxygens (including phenoxy) is 2. The molecule has 2 aliphatic rings. The highest BCUT2D eigenvalue weighted by atomic mass is 35.5. The van der Waals surface area contributed by atoms with Crippen LogP contribution in [0.25, 0.3) is 0 Å². The SMILES string of the molecule is O=C1CCC(C(=O)NCc2cc(Cl)c3c(c2)OCCCO3)CN1. The van der Waals surface area contributed by atoms with Gasteiger partial charge in [-0.2, -0.15) is 0 Å². The number of piperidine rings is 1. The van der Waals surface area contributed by atoms with Crippen LogP contribution in [0.4, 0.5) is 0 Å². The van der Waals surface area contributed by atoms with Crippen molar-refractivity contribution in [1.29, 1.82) is 0 Å². The Morgan fingerprint density at radius 3 is 2.96 bits per heavy atom. The van der Waals surface area contributed by atoms with E-state index in [1.54, 1.807) is 6.07 Å². The molecule has 0 bridgehead atoms. The molecule has 0 saturated carbocycles. The molecule has 1 atom stereocenters. The van der Waals surface area contributed by atoms with Gasteiger partial charge in [0.05, 0.1) is 24.2 Å². The quantitative estimate of drug-likeness (QED) is 0.878. The van der Waals surface area contributed by atoms with E-state index in [0.29, 0.717) is 55.7 Å². The third kappa shape index (κ3) is 3.88. The molecule has 7 heteroatoms. The van der Waals surface area contributed by atoms with Crippen LogP contribution in [0.5, 0.6) is 11.5 Å². The van der Waals surface area contributed by atoms with Crippen LogP contribution in [0.3, 0.4) is 0 Å². The van der Waals surface area contributed by atoms with Gasteiger partial charge >= 0.3 is 0 Å². The van der Waals surface area contributed by atoms with Gasteiger partial charge in [-0.15, -0.1) is 0 Å². The first kappa shape index (κ1) is 15.9. The summed E-state index contributed by atoms with van der Waals surface area (Å²) >= 11 is 6.23. The minimum atomic E-state index is -0.177. The summed E-state index contributed by atoms with van der Waals surface area (Å²) in [4.78, 5) is 23.3. The number of rotatable bonds is 3. The second-order valence-corrected chi connectivity index (χ2v) is 6.12. The van der Waals surface area contributed by atoms with E-state index in [1.807, 2.05) is 6.07 Å². The van der Waals surface area contributed by atoms with Gasteiger partial charge in [-0.1, -0.05) is 11.6 Å². The average Bonchev–Trinajstić information content (AvgIpc) is 2.79. The summed E-state index contributed by atoms with van der Waals surface area (Å²) < 4.78 is 11.2. The Labute approximate surface area is 139 Å².